The maximum absolute atomic E-state index is 11.1. The second kappa shape index (κ2) is 7.07. The van der Waals surface area contributed by atoms with E-state index in [1.807, 2.05) is 28.8 Å². The van der Waals surface area contributed by atoms with Gasteiger partial charge in [-0.25, -0.2) is 9.78 Å². The van der Waals surface area contributed by atoms with Gasteiger partial charge in [0.2, 0.25) is 0 Å². The molecule has 4 aromatic rings. The molecule has 0 aliphatic heterocycles. The van der Waals surface area contributed by atoms with Crippen LogP contribution in [0.3, 0.4) is 0 Å². The Morgan fingerprint density at radius 1 is 1.07 bits per heavy atom. The molecule has 0 atom stereocenters. The fourth-order valence-corrected chi connectivity index (χ4v) is 3.25. The molecule has 0 aliphatic rings. The van der Waals surface area contributed by atoms with Crippen LogP contribution in [0, 0.1) is 0 Å². The van der Waals surface area contributed by atoms with Gasteiger partial charge >= 0.3 is 11.9 Å². The summed E-state index contributed by atoms with van der Waals surface area (Å²) in [5.74, 6) is -1.49. The Balaban J connectivity index is 1.81. The van der Waals surface area contributed by atoms with Gasteiger partial charge < -0.3 is 24.5 Å². The number of hydrogen-bond acceptors (Lipinski definition) is 4. The third kappa shape index (κ3) is 3.39. The van der Waals surface area contributed by atoms with E-state index in [2.05, 4.69) is 9.97 Å². The average molecular weight is 379 g/mol. The summed E-state index contributed by atoms with van der Waals surface area (Å²) in [4.78, 5) is 29.4. The molecule has 0 aliphatic carbocycles. The molecular formula is C20H17N3O5. The summed E-state index contributed by atoms with van der Waals surface area (Å²) in [7, 11) is 0. The Kier molecular flexibility index (Phi) is 4.44. The van der Waals surface area contributed by atoms with Gasteiger partial charge in [-0.15, -0.1) is 0 Å². The van der Waals surface area contributed by atoms with E-state index in [0.29, 0.717) is 12.3 Å². The second-order valence-electron chi connectivity index (χ2n) is 6.35. The summed E-state index contributed by atoms with van der Waals surface area (Å²) in [6.07, 6.45) is 1.68. The molecule has 3 heterocycles. The van der Waals surface area contributed by atoms with Gasteiger partial charge in [0.1, 0.15) is 11.4 Å². The van der Waals surface area contributed by atoms with Gasteiger partial charge in [-0.3, -0.25) is 4.79 Å². The molecule has 0 amide bonds. The minimum Gasteiger partial charge on any atom is -0.482 e. The number of H-pyrrole nitrogens is 1. The monoisotopic (exact) mass is 379 g/mol. The molecule has 28 heavy (non-hydrogen) atoms. The molecule has 3 N–H and O–H groups in total. The fourth-order valence-electron chi connectivity index (χ4n) is 3.25. The van der Waals surface area contributed by atoms with Crippen LogP contribution in [0.5, 0.6) is 5.75 Å². The van der Waals surface area contributed by atoms with Crippen LogP contribution in [0.4, 0.5) is 0 Å². The Labute approximate surface area is 159 Å². The zero-order valence-corrected chi connectivity index (χ0v) is 14.8. The van der Waals surface area contributed by atoms with Crippen molar-refractivity contribution < 1.29 is 24.5 Å². The van der Waals surface area contributed by atoms with Crippen LogP contribution in [0.25, 0.3) is 33.3 Å². The number of hydrogen-bond donors (Lipinski definition) is 3. The smallest absolute Gasteiger partial charge is 0.341 e. The number of aliphatic carboxylic acids is 2. The molecular weight excluding hydrogens is 362 g/mol. The quantitative estimate of drug-likeness (QED) is 0.454. The Morgan fingerprint density at radius 2 is 1.93 bits per heavy atom. The number of carbonyl (C=O) groups is 2. The van der Waals surface area contributed by atoms with Crippen molar-refractivity contribution in [2.75, 3.05) is 6.61 Å². The van der Waals surface area contributed by atoms with E-state index in [-0.39, 0.29) is 6.42 Å². The summed E-state index contributed by atoms with van der Waals surface area (Å²) in [5.41, 5.74) is 3.23. The number of benzene rings is 1. The first-order chi connectivity index (χ1) is 13.5. The first kappa shape index (κ1) is 17.6. The van der Waals surface area contributed by atoms with Crippen LogP contribution < -0.4 is 4.74 Å². The van der Waals surface area contributed by atoms with Crippen LogP contribution in [0.15, 0.2) is 48.7 Å². The van der Waals surface area contributed by atoms with Gasteiger partial charge in [-0.1, -0.05) is 0 Å². The molecule has 8 heteroatoms. The molecule has 0 unspecified atom stereocenters. The molecule has 0 bridgehead atoms. The topological polar surface area (TPSA) is 117 Å². The number of ether oxygens (including phenoxy) is 1. The summed E-state index contributed by atoms with van der Waals surface area (Å²) >= 11 is 0. The molecule has 0 radical (unpaired) electrons. The zero-order valence-electron chi connectivity index (χ0n) is 14.8. The summed E-state index contributed by atoms with van der Waals surface area (Å²) in [5, 5.41) is 19.7. The average Bonchev–Trinajstić information content (AvgIpc) is 3.25. The number of fused-ring (bicyclic) bond motifs is 2. The molecule has 142 valence electrons. The van der Waals surface area contributed by atoms with E-state index in [9.17, 15) is 9.59 Å². The van der Waals surface area contributed by atoms with Crippen molar-refractivity contribution in [3.05, 3.63) is 48.7 Å². The normalized spacial score (nSPS) is 11.1. The third-order valence-corrected chi connectivity index (χ3v) is 4.45. The van der Waals surface area contributed by atoms with Crippen molar-refractivity contribution in [2.24, 2.45) is 0 Å². The highest BCUT2D eigenvalue weighted by Crippen LogP contribution is 2.32. The Morgan fingerprint density at radius 3 is 2.68 bits per heavy atom. The van der Waals surface area contributed by atoms with Gasteiger partial charge in [0, 0.05) is 29.0 Å². The molecule has 0 spiro atoms. The summed E-state index contributed by atoms with van der Waals surface area (Å²) < 4.78 is 7.18. The van der Waals surface area contributed by atoms with Crippen molar-refractivity contribution in [1.29, 1.82) is 0 Å². The van der Waals surface area contributed by atoms with Crippen LogP contribution in [0.2, 0.25) is 0 Å². The second-order valence-corrected chi connectivity index (χ2v) is 6.35. The minimum absolute atomic E-state index is 0.0213. The van der Waals surface area contributed by atoms with Crippen LogP contribution in [-0.2, 0) is 16.1 Å². The molecule has 4 rings (SSSR count). The van der Waals surface area contributed by atoms with Gasteiger partial charge in [0.05, 0.1) is 17.8 Å². The van der Waals surface area contributed by atoms with Crippen molar-refractivity contribution in [1.82, 2.24) is 14.5 Å². The maximum Gasteiger partial charge on any atom is 0.341 e. The predicted molar refractivity (Wildman–Crippen MR) is 102 cm³/mol. The van der Waals surface area contributed by atoms with E-state index in [1.54, 1.807) is 24.4 Å². The number of carboxylic acids is 2. The predicted octanol–water partition coefficient (Wildman–Crippen LogP) is 3.12. The van der Waals surface area contributed by atoms with Crippen LogP contribution >= 0.6 is 0 Å². The lowest BCUT2D eigenvalue weighted by Gasteiger charge is -2.09. The molecule has 3 aromatic heterocycles. The van der Waals surface area contributed by atoms with Crippen LogP contribution in [0.1, 0.15) is 6.42 Å². The minimum atomic E-state index is -1.05. The number of aromatic nitrogens is 3. The van der Waals surface area contributed by atoms with E-state index in [4.69, 9.17) is 14.9 Å². The van der Waals surface area contributed by atoms with E-state index in [1.165, 1.54) is 0 Å². The highest BCUT2D eigenvalue weighted by Gasteiger charge is 2.15. The largest absolute Gasteiger partial charge is 0.482 e. The number of pyridine rings is 1. The van der Waals surface area contributed by atoms with Gasteiger partial charge in [-0.05, 0) is 42.5 Å². The first-order valence-electron chi connectivity index (χ1n) is 8.65. The van der Waals surface area contributed by atoms with Crippen molar-refractivity contribution in [2.45, 2.75) is 13.0 Å². The number of nitrogens with zero attached hydrogens (tertiary/aromatic N) is 2. The lowest BCUT2D eigenvalue weighted by Crippen LogP contribution is -2.09. The molecule has 8 nitrogen and oxygen atoms in total. The summed E-state index contributed by atoms with van der Waals surface area (Å²) in [6, 6.07) is 12.9. The molecule has 0 saturated heterocycles. The number of aromatic amines is 1. The van der Waals surface area contributed by atoms with E-state index >= 15 is 0 Å². The van der Waals surface area contributed by atoms with Gasteiger partial charge in [-0.2, -0.15) is 0 Å². The first-order valence-corrected chi connectivity index (χ1v) is 8.65. The van der Waals surface area contributed by atoms with Crippen molar-refractivity contribution >= 4 is 33.9 Å². The highest BCUT2D eigenvalue weighted by molar-refractivity contribution is 5.90. The highest BCUT2D eigenvalue weighted by atomic mass is 16.5. The summed E-state index contributed by atoms with van der Waals surface area (Å²) in [6.45, 7) is -0.127. The molecule has 1 aromatic carbocycles. The Hall–Kier alpha value is -3.81. The van der Waals surface area contributed by atoms with Crippen molar-refractivity contribution in [3.63, 3.8) is 0 Å². The fraction of sp³-hybridized carbons (Fsp3) is 0.150. The SMILES string of the molecule is O=C(O)CCn1c(-c2cc3cccnc3[nH]2)cc2cc(OCC(=O)O)ccc21. The number of carboxylic acid groups (broad SMARTS) is 2. The van der Waals surface area contributed by atoms with Gasteiger partial charge in [0.15, 0.2) is 6.61 Å². The zero-order chi connectivity index (χ0) is 19.7. The van der Waals surface area contributed by atoms with Gasteiger partial charge in [0.25, 0.3) is 0 Å². The number of nitrogens with one attached hydrogen (secondary N) is 1. The van der Waals surface area contributed by atoms with E-state index < -0.39 is 18.5 Å². The molecule has 0 fully saturated rings. The number of aryl methyl sites for hydroxylation is 1. The number of rotatable bonds is 7. The van der Waals surface area contributed by atoms with Crippen molar-refractivity contribution in [3.8, 4) is 17.1 Å². The van der Waals surface area contributed by atoms with Crippen LogP contribution in [-0.4, -0.2) is 43.3 Å². The third-order valence-electron chi connectivity index (χ3n) is 4.45. The Bertz CT molecular complexity index is 1160. The lowest BCUT2D eigenvalue weighted by molar-refractivity contribution is -0.139. The molecule has 0 saturated carbocycles. The maximum atomic E-state index is 11.1. The standard InChI is InChI=1S/C20H17N3O5/c24-18(25)5-7-23-16-4-3-14(28-11-19(26)27)8-13(16)10-17(23)15-9-12-2-1-6-21-20(12)22-15/h1-4,6,8-10H,5,7,11H2,(H,21,22)(H,24,25)(H,26,27). The lowest BCUT2D eigenvalue weighted by atomic mass is 10.2. The van der Waals surface area contributed by atoms with E-state index in [0.717, 1.165) is 33.3 Å².